The van der Waals surface area contributed by atoms with E-state index in [1.807, 2.05) is 4.90 Å². The van der Waals surface area contributed by atoms with Crippen LogP contribution in [0.2, 0.25) is 0 Å². The largest absolute Gasteiger partial charge is 0.339 e. The summed E-state index contributed by atoms with van der Waals surface area (Å²) in [6.07, 6.45) is 1.76. The zero-order valence-corrected chi connectivity index (χ0v) is 14.7. The van der Waals surface area contributed by atoms with Gasteiger partial charge in [-0.2, -0.15) is 0 Å². The second-order valence-electron chi connectivity index (χ2n) is 6.42. The first-order valence-electron chi connectivity index (χ1n) is 8.19. The van der Waals surface area contributed by atoms with Crippen LogP contribution in [0.25, 0.3) is 0 Å². The third-order valence-corrected chi connectivity index (χ3v) is 5.06. The molecule has 0 spiro atoms. The summed E-state index contributed by atoms with van der Waals surface area (Å²) in [4.78, 5) is 21.2. The molecule has 1 fully saturated rings. The molecule has 0 bridgehead atoms. The Hall–Kier alpha value is -0.980. The fraction of sp³-hybridized carbons (Fsp3) is 0.750. The molecule has 2 rings (SSSR count). The molecule has 1 saturated heterocycles. The number of rotatable bonds is 6. The maximum absolute atomic E-state index is 12.3. The summed E-state index contributed by atoms with van der Waals surface area (Å²) < 4.78 is 0. The molecule has 0 unspecified atom stereocenters. The van der Waals surface area contributed by atoms with Crippen LogP contribution in [0.3, 0.4) is 0 Å². The number of aryl methyl sites for hydroxylation is 1. The average molecular weight is 324 g/mol. The van der Waals surface area contributed by atoms with Gasteiger partial charge in [0.05, 0.1) is 16.7 Å². The van der Waals surface area contributed by atoms with Crippen molar-refractivity contribution in [3.05, 3.63) is 16.1 Å². The maximum atomic E-state index is 12.3. The molecule has 0 radical (unpaired) electrons. The Bertz CT molecular complexity index is 480. The average Bonchev–Trinajstić information content (AvgIpc) is 2.94. The topological polar surface area (TPSA) is 62.5 Å². The molecule has 2 N–H and O–H groups in total. The highest BCUT2D eigenvalue weighted by molar-refractivity contribution is 7.09. The molecular weight excluding hydrogens is 296 g/mol. The minimum Gasteiger partial charge on any atom is -0.339 e. The Labute approximate surface area is 137 Å². The number of piperazine rings is 1. The van der Waals surface area contributed by atoms with Gasteiger partial charge in [0.1, 0.15) is 0 Å². The zero-order chi connectivity index (χ0) is 16.1. The second-order valence-corrected chi connectivity index (χ2v) is 7.37. The molecular formula is C16H28N4OS. The number of amides is 1. The molecule has 0 aromatic carbocycles. The number of carbonyl (C=O) groups excluding carboxylic acids is 1. The number of hydrogen-bond donors (Lipinski definition) is 1. The van der Waals surface area contributed by atoms with E-state index < -0.39 is 0 Å². The minimum atomic E-state index is -0.350. The van der Waals surface area contributed by atoms with Crippen molar-refractivity contribution in [3.8, 4) is 0 Å². The molecule has 1 aliphatic rings. The first-order chi connectivity index (χ1) is 10.5. The van der Waals surface area contributed by atoms with E-state index in [0.29, 0.717) is 5.92 Å². The van der Waals surface area contributed by atoms with Crippen LogP contribution < -0.4 is 5.73 Å². The lowest BCUT2D eigenvalue weighted by atomic mass is 10.0. The minimum absolute atomic E-state index is 0.107. The summed E-state index contributed by atoms with van der Waals surface area (Å²) in [5.74, 6) is 0.563. The number of aromatic nitrogens is 1. The van der Waals surface area contributed by atoms with Gasteiger partial charge in [-0.1, -0.05) is 20.8 Å². The SMILES string of the molecule is CCc1nc(CN2CCN(C(=O)[C@@H](N)CC(C)C)CC2)cs1. The molecule has 1 atom stereocenters. The molecule has 2 heterocycles. The Balaban J connectivity index is 1.78. The van der Waals surface area contributed by atoms with Crippen LogP contribution >= 0.6 is 11.3 Å². The summed E-state index contributed by atoms with van der Waals surface area (Å²) in [6, 6.07) is -0.350. The molecule has 0 aliphatic carbocycles. The Morgan fingerprint density at radius 1 is 1.36 bits per heavy atom. The van der Waals surface area contributed by atoms with Gasteiger partial charge in [0.2, 0.25) is 5.91 Å². The van der Waals surface area contributed by atoms with Crippen LogP contribution in [-0.2, 0) is 17.8 Å². The van der Waals surface area contributed by atoms with Crippen molar-refractivity contribution >= 4 is 17.2 Å². The van der Waals surface area contributed by atoms with E-state index in [0.717, 1.165) is 51.3 Å². The summed E-state index contributed by atoms with van der Waals surface area (Å²) in [6.45, 7) is 10.6. The van der Waals surface area contributed by atoms with E-state index in [-0.39, 0.29) is 11.9 Å². The molecule has 1 aromatic rings. The Kier molecular flexibility index (Phi) is 6.35. The van der Waals surface area contributed by atoms with Gasteiger partial charge in [-0.25, -0.2) is 4.98 Å². The number of thiazole rings is 1. The summed E-state index contributed by atoms with van der Waals surface area (Å²) in [5, 5.41) is 3.35. The van der Waals surface area contributed by atoms with Crippen LogP contribution in [0.5, 0.6) is 0 Å². The second kappa shape index (κ2) is 8.04. The highest BCUT2D eigenvalue weighted by Crippen LogP contribution is 2.14. The van der Waals surface area contributed by atoms with Gasteiger partial charge in [0.15, 0.2) is 0 Å². The van der Waals surface area contributed by atoms with Crippen molar-refractivity contribution in [1.82, 2.24) is 14.8 Å². The Morgan fingerprint density at radius 2 is 2.05 bits per heavy atom. The van der Waals surface area contributed by atoms with Gasteiger partial charge in [-0.15, -0.1) is 11.3 Å². The summed E-state index contributed by atoms with van der Waals surface area (Å²) in [5.41, 5.74) is 7.16. The van der Waals surface area contributed by atoms with Crippen molar-refractivity contribution in [2.75, 3.05) is 26.2 Å². The maximum Gasteiger partial charge on any atom is 0.239 e. The first kappa shape index (κ1) is 17.4. The van der Waals surface area contributed by atoms with E-state index in [2.05, 4.69) is 36.0 Å². The molecule has 5 nitrogen and oxygen atoms in total. The van der Waals surface area contributed by atoms with Crippen LogP contribution in [0.4, 0.5) is 0 Å². The van der Waals surface area contributed by atoms with Crippen molar-refractivity contribution in [1.29, 1.82) is 0 Å². The summed E-state index contributed by atoms with van der Waals surface area (Å²) in [7, 11) is 0. The van der Waals surface area contributed by atoms with Gasteiger partial charge in [-0.3, -0.25) is 9.69 Å². The third kappa shape index (κ3) is 4.76. The van der Waals surface area contributed by atoms with Crippen molar-refractivity contribution in [2.24, 2.45) is 11.7 Å². The molecule has 124 valence electrons. The van der Waals surface area contributed by atoms with Crippen LogP contribution in [0, 0.1) is 5.92 Å². The van der Waals surface area contributed by atoms with Gasteiger partial charge < -0.3 is 10.6 Å². The predicted octanol–water partition coefficient (Wildman–Crippen LogP) is 1.72. The quantitative estimate of drug-likeness (QED) is 0.865. The first-order valence-corrected chi connectivity index (χ1v) is 9.07. The van der Waals surface area contributed by atoms with E-state index >= 15 is 0 Å². The summed E-state index contributed by atoms with van der Waals surface area (Å²) >= 11 is 1.73. The van der Waals surface area contributed by atoms with E-state index in [9.17, 15) is 4.79 Å². The number of nitrogens with two attached hydrogens (primary N) is 1. The lowest BCUT2D eigenvalue weighted by Gasteiger charge is -2.35. The van der Waals surface area contributed by atoms with Gasteiger partial charge >= 0.3 is 0 Å². The van der Waals surface area contributed by atoms with Crippen molar-refractivity contribution < 1.29 is 4.79 Å². The van der Waals surface area contributed by atoms with E-state index in [1.165, 1.54) is 5.01 Å². The molecule has 6 heteroatoms. The fourth-order valence-corrected chi connectivity index (χ4v) is 3.52. The number of nitrogens with zero attached hydrogens (tertiary/aromatic N) is 3. The van der Waals surface area contributed by atoms with Crippen LogP contribution in [-0.4, -0.2) is 52.9 Å². The van der Waals surface area contributed by atoms with E-state index in [1.54, 1.807) is 11.3 Å². The molecule has 1 aromatic heterocycles. The van der Waals surface area contributed by atoms with Crippen molar-refractivity contribution in [2.45, 2.75) is 46.2 Å². The highest BCUT2D eigenvalue weighted by atomic mass is 32.1. The number of carbonyl (C=O) groups is 1. The van der Waals surface area contributed by atoms with Crippen LogP contribution in [0.15, 0.2) is 5.38 Å². The lowest BCUT2D eigenvalue weighted by molar-refractivity contribution is -0.134. The predicted molar refractivity (Wildman–Crippen MR) is 90.8 cm³/mol. The van der Waals surface area contributed by atoms with E-state index in [4.69, 9.17) is 5.73 Å². The normalized spacial score (nSPS) is 18.0. The number of hydrogen-bond acceptors (Lipinski definition) is 5. The molecule has 22 heavy (non-hydrogen) atoms. The highest BCUT2D eigenvalue weighted by Gasteiger charge is 2.25. The molecule has 0 saturated carbocycles. The molecule has 1 aliphatic heterocycles. The van der Waals surface area contributed by atoms with Crippen molar-refractivity contribution in [3.63, 3.8) is 0 Å². The van der Waals surface area contributed by atoms with Crippen LogP contribution in [0.1, 0.15) is 37.9 Å². The van der Waals surface area contributed by atoms with Gasteiger partial charge in [0.25, 0.3) is 0 Å². The molecule has 1 amide bonds. The lowest BCUT2D eigenvalue weighted by Crippen LogP contribution is -2.53. The third-order valence-electron chi connectivity index (χ3n) is 4.01. The smallest absolute Gasteiger partial charge is 0.239 e. The van der Waals surface area contributed by atoms with Gasteiger partial charge in [-0.05, 0) is 18.8 Å². The van der Waals surface area contributed by atoms with Gasteiger partial charge in [0, 0.05) is 38.1 Å². The Morgan fingerprint density at radius 3 is 2.59 bits per heavy atom. The monoisotopic (exact) mass is 324 g/mol. The zero-order valence-electron chi connectivity index (χ0n) is 13.9. The standard InChI is InChI=1S/C16H28N4OS/c1-4-15-18-13(11-22-15)10-19-5-7-20(8-6-19)16(21)14(17)9-12(2)3/h11-12,14H,4-10,17H2,1-3H3/t14-/m0/s1. The fourth-order valence-electron chi connectivity index (χ4n) is 2.78.